The zero-order valence-corrected chi connectivity index (χ0v) is 13.2. The molecule has 0 saturated carbocycles. The first-order valence-corrected chi connectivity index (χ1v) is 7.89. The van der Waals surface area contributed by atoms with Crippen LogP contribution < -0.4 is 10.5 Å². The highest BCUT2D eigenvalue weighted by molar-refractivity contribution is 5.83. The first kappa shape index (κ1) is 15.6. The predicted octanol–water partition coefficient (Wildman–Crippen LogP) is 3.99. The Morgan fingerprint density at radius 2 is 1.96 bits per heavy atom. The quantitative estimate of drug-likeness (QED) is 0.723. The Morgan fingerprint density at radius 1 is 1.17 bits per heavy atom. The second-order valence-corrected chi connectivity index (χ2v) is 5.65. The van der Waals surface area contributed by atoms with E-state index < -0.39 is 0 Å². The van der Waals surface area contributed by atoms with Crippen molar-refractivity contribution in [3.8, 4) is 5.75 Å². The summed E-state index contributed by atoms with van der Waals surface area (Å²) in [7, 11) is 0. The van der Waals surface area contributed by atoms with Gasteiger partial charge in [-0.3, -0.25) is 0 Å². The summed E-state index contributed by atoms with van der Waals surface area (Å²) in [5.41, 5.74) is 9.18. The van der Waals surface area contributed by atoms with E-state index in [0.29, 0.717) is 13.2 Å². The van der Waals surface area contributed by atoms with Crippen molar-refractivity contribution in [1.29, 1.82) is 0 Å². The lowest BCUT2D eigenvalue weighted by Crippen LogP contribution is -2.14. The van der Waals surface area contributed by atoms with E-state index in [4.69, 9.17) is 10.5 Å². The highest BCUT2D eigenvalue weighted by Gasteiger charge is 2.16. The number of aromatic nitrogens is 1. The van der Waals surface area contributed by atoms with Crippen LogP contribution in [0.25, 0.3) is 10.9 Å². The third-order valence-corrected chi connectivity index (χ3v) is 4.12. The second-order valence-electron chi connectivity index (χ2n) is 5.65. The number of hydrogen-bond donors (Lipinski definition) is 2. The van der Waals surface area contributed by atoms with Crippen LogP contribution >= 0.6 is 0 Å². The van der Waals surface area contributed by atoms with Crippen molar-refractivity contribution in [2.45, 2.75) is 19.3 Å². The first-order chi connectivity index (χ1) is 11.2. The molecule has 1 unspecified atom stereocenters. The van der Waals surface area contributed by atoms with Gasteiger partial charge in [-0.15, -0.1) is 0 Å². The van der Waals surface area contributed by atoms with Crippen molar-refractivity contribution in [2.24, 2.45) is 5.73 Å². The number of benzene rings is 2. The van der Waals surface area contributed by atoms with Gasteiger partial charge >= 0.3 is 0 Å². The molecule has 3 nitrogen and oxygen atoms in total. The van der Waals surface area contributed by atoms with Gasteiger partial charge in [-0.05, 0) is 61.3 Å². The van der Waals surface area contributed by atoms with E-state index in [-0.39, 0.29) is 11.7 Å². The lowest BCUT2D eigenvalue weighted by molar-refractivity contribution is 0.340. The van der Waals surface area contributed by atoms with Crippen molar-refractivity contribution >= 4 is 10.9 Å². The van der Waals surface area contributed by atoms with Crippen LogP contribution in [0.3, 0.4) is 0 Å². The van der Waals surface area contributed by atoms with Crippen LogP contribution in [0.2, 0.25) is 0 Å². The molecule has 0 aliphatic carbocycles. The standard InChI is InChI=1S/C19H21FN2O/c1-2-23-16-6-3-13(4-7-16)9-14(11-21)18-12-22-19-8-5-15(20)10-17(18)19/h3-8,10,12,14,22H,2,9,11,21H2,1H3. The zero-order chi connectivity index (χ0) is 16.2. The van der Waals surface area contributed by atoms with E-state index in [9.17, 15) is 4.39 Å². The van der Waals surface area contributed by atoms with Gasteiger partial charge < -0.3 is 15.5 Å². The summed E-state index contributed by atoms with van der Waals surface area (Å²) in [4.78, 5) is 3.20. The Hall–Kier alpha value is -2.33. The molecule has 4 heteroatoms. The average molecular weight is 312 g/mol. The summed E-state index contributed by atoms with van der Waals surface area (Å²) in [6, 6.07) is 12.9. The highest BCUT2D eigenvalue weighted by atomic mass is 19.1. The molecule has 1 atom stereocenters. The third kappa shape index (κ3) is 3.37. The lowest BCUT2D eigenvalue weighted by atomic mass is 9.91. The molecule has 1 heterocycles. The number of ether oxygens (including phenoxy) is 1. The maximum Gasteiger partial charge on any atom is 0.123 e. The summed E-state index contributed by atoms with van der Waals surface area (Å²) in [6.07, 6.45) is 2.75. The number of nitrogens with one attached hydrogen (secondary N) is 1. The van der Waals surface area contributed by atoms with Gasteiger partial charge in [-0.1, -0.05) is 12.1 Å². The van der Waals surface area contributed by atoms with Crippen LogP contribution in [0, 0.1) is 5.82 Å². The minimum Gasteiger partial charge on any atom is -0.494 e. The Labute approximate surface area is 135 Å². The van der Waals surface area contributed by atoms with Crippen LogP contribution in [0.4, 0.5) is 4.39 Å². The molecule has 2 aromatic carbocycles. The smallest absolute Gasteiger partial charge is 0.123 e. The predicted molar refractivity (Wildman–Crippen MR) is 91.4 cm³/mol. The number of rotatable bonds is 6. The van der Waals surface area contributed by atoms with Crippen molar-refractivity contribution in [1.82, 2.24) is 4.98 Å². The van der Waals surface area contributed by atoms with Gasteiger partial charge in [0.25, 0.3) is 0 Å². The molecule has 0 amide bonds. The Kier molecular flexibility index (Phi) is 4.63. The van der Waals surface area contributed by atoms with Gasteiger partial charge in [-0.25, -0.2) is 4.39 Å². The number of nitrogens with two attached hydrogens (primary N) is 1. The molecule has 3 aromatic rings. The molecule has 23 heavy (non-hydrogen) atoms. The number of H-pyrrole nitrogens is 1. The molecule has 120 valence electrons. The van der Waals surface area contributed by atoms with Crippen molar-refractivity contribution in [2.75, 3.05) is 13.2 Å². The summed E-state index contributed by atoms with van der Waals surface area (Å²) in [5.74, 6) is 0.786. The third-order valence-electron chi connectivity index (χ3n) is 4.12. The minimum atomic E-state index is -0.227. The maximum atomic E-state index is 13.5. The fourth-order valence-corrected chi connectivity index (χ4v) is 2.95. The molecule has 3 N–H and O–H groups in total. The van der Waals surface area contributed by atoms with E-state index in [0.717, 1.165) is 28.6 Å². The molecule has 3 rings (SSSR count). The molecule has 0 saturated heterocycles. The molecule has 0 bridgehead atoms. The fourth-order valence-electron chi connectivity index (χ4n) is 2.95. The Balaban J connectivity index is 1.85. The summed E-state index contributed by atoms with van der Waals surface area (Å²) in [6.45, 7) is 3.14. The van der Waals surface area contributed by atoms with Crippen LogP contribution in [0.15, 0.2) is 48.7 Å². The number of aromatic amines is 1. The largest absolute Gasteiger partial charge is 0.494 e. The topological polar surface area (TPSA) is 51.0 Å². The molecule has 0 radical (unpaired) electrons. The number of hydrogen-bond acceptors (Lipinski definition) is 2. The lowest BCUT2D eigenvalue weighted by Gasteiger charge is -2.15. The van der Waals surface area contributed by atoms with Gasteiger partial charge in [0, 0.05) is 23.0 Å². The minimum absolute atomic E-state index is 0.142. The van der Waals surface area contributed by atoms with Gasteiger partial charge in [0.1, 0.15) is 11.6 Å². The Bertz CT molecular complexity index is 780. The fraction of sp³-hybridized carbons (Fsp3) is 0.263. The molecular formula is C19H21FN2O. The van der Waals surface area contributed by atoms with E-state index in [1.807, 2.05) is 25.3 Å². The highest BCUT2D eigenvalue weighted by Crippen LogP contribution is 2.28. The average Bonchev–Trinajstić information content (AvgIpc) is 2.97. The molecule has 1 aromatic heterocycles. The molecule has 0 aliphatic heterocycles. The SMILES string of the molecule is CCOc1ccc(CC(CN)c2c[nH]c3ccc(F)cc23)cc1. The van der Waals surface area contributed by atoms with Gasteiger partial charge in [0.15, 0.2) is 0 Å². The number of fused-ring (bicyclic) bond motifs is 1. The number of halogens is 1. The molecule has 0 spiro atoms. The zero-order valence-electron chi connectivity index (χ0n) is 13.2. The normalized spacial score (nSPS) is 12.5. The molecule has 0 aliphatic rings. The van der Waals surface area contributed by atoms with E-state index in [1.165, 1.54) is 11.6 Å². The van der Waals surface area contributed by atoms with Gasteiger partial charge in [0.2, 0.25) is 0 Å². The summed E-state index contributed by atoms with van der Waals surface area (Å²) < 4.78 is 19.0. The van der Waals surface area contributed by atoms with E-state index in [1.54, 1.807) is 12.1 Å². The van der Waals surface area contributed by atoms with Crippen LogP contribution in [0.5, 0.6) is 5.75 Å². The van der Waals surface area contributed by atoms with E-state index >= 15 is 0 Å². The summed E-state index contributed by atoms with van der Waals surface area (Å²) in [5, 5.41) is 0.909. The van der Waals surface area contributed by atoms with Crippen LogP contribution in [-0.2, 0) is 6.42 Å². The molecular weight excluding hydrogens is 291 g/mol. The first-order valence-electron chi connectivity index (χ1n) is 7.89. The van der Waals surface area contributed by atoms with E-state index in [2.05, 4.69) is 17.1 Å². The van der Waals surface area contributed by atoms with Crippen LogP contribution in [0.1, 0.15) is 24.0 Å². The monoisotopic (exact) mass is 312 g/mol. The Morgan fingerprint density at radius 3 is 2.65 bits per heavy atom. The van der Waals surface area contributed by atoms with Gasteiger partial charge in [-0.2, -0.15) is 0 Å². The van der Waals surface area contributed by atoms with Gasteiger partial charge in [0.05, 0.1) is 6.61 Å². The van der Waals surface area contributed by atoms with Crippen molar-refractivity contribution in [3.05, 3.63) is 65.6 Å². The maximum absolute atomic E-state index is 13.5. The van der Waals surface area contributed by atoms with Crippen molar-refractivity contribution in [3.63, 3.8) is 0 Å². The van der Waals surface area contributed by atoms with Crippen molar-refractivity contribution < 1.29 is 9.13 Å². The second kappa shape index (κ2) is 6.84. The molecule has 0 fully saturated rings. The summed E-state index contributed by atoms with van der Waals surface area (Å²) >= 11 is 0. The van der Waals surface area contributed by atoms with Crippen LogP contribution in [-0.4, -0.2) is 18.1 Å².